The van der Waals surface area contributed by atoms with Gasteiger partial charge in [-0.25, -0.2) is 5.43 Å². The molecule has 1 N–H and O–H groups in total. The third-order valence-electron chi connectivity index (χ3n) is 4.31. The number of benzene rings is 1. The van der Waals surface area contributed by atoms with Gasteiger partial charge in [-0.05, 0) is 42.4 Å². The average Bonchev–Trinajstić information content (AvgIpc) is 3.11. The predicted octanol–water partition coefficient (Wildman–Crippen LogP) is 2.55. The lowest BCUT2D eigenvalue weighted by Gasteiger charge is -2.11. The summed E-state index contributed by atoms with van der Waals surface area (Å²) < 4.78 is 5.09. The number of methoxy groups -OCH3 is 1. The molecule has 0 spiro atoms. The molecule has 3 atom stereocenters. The monoisotopic (exact) mass is 284 g/mol. The van der Waals surface area contributed by atoms with E-state index >= 15 is 0 Å². The molecule has 1 fully saturated rings. The van der Waals surface area contributed by atoms with Gasteiger partial charge in [0, 0.05) is 12.1 Å². The maximum Gasteiger partial charge on any atom is 0.244 e. The molecule has 1 aromatic carbocycles. The van der Waals surface area contributed by atoms with E-state index in [0.717, 1.165) is 17.2 Å². The Morgan fingerprint density at radius 1 is 1.33 bits per heavy atom. The molecule has 0 heterocycles. The van der Waals surface area contributed by atoms with Crippen LogP contribution >= 0.6 is 0 Å². The minimum atomic E-state index is -0.0879. The minimum absolute atomic E-state index is 0.0879. The molecule has 4 heteroatoms. The Kier molecular flexibility index (Phi) is 4.04. The second-order valence-corrected chi connectivity index (χ2v) is 5.78. The summed E-state index contributed by atoms with van der Waals surface area (Å²) in [7, 11) is 1.63. The van der Waals surface area contributed by atoms with Gasteiger partial charge in [0.25, 0.3) is 0 Å². The van der Waals surface area contributed by atoms with E-state index in [1.807, 2.05) is 30.5 Å². The SMILES string of the molecule is COc1ccc(CC(=O)NN=CC2CC3C=CC2C3)cc1. The highest BCUT2D eigenvalue weighted by atomic mass is 16.5. The highest BCUT2D eigenvalue weighted by Gasteiger charge is 2.34. The molecule has 4 nitrogen and oxygen atoms in total. The lowest BCUT2D eigenvalue weighted by atomic mass is 9.95. The summed E-state index contributed by atoms with van der Waals surface area (Å²) in [6.07, 6.45) is 9.23. The number of rotatable bonds is 5. The smallest absolute Gasteiger partial charge is 0.244 e. The standard InChI is InChI=1S/C17H20N2O2/c1-21-16-6-3-12(4-7-16)10-17(20)19-18-11-15-9-13-2-5-14(15)8-13/h2-7,11,13-15H,8-10H2,1H3,(H,19,20). The van der Waals surface area contributed by atoms with Crippen LogP contribution < -0.4 is 10.2 Å². The summed E-state index contributed by atoms with van der Waals surface area (Å²) in [6, 6.07) is 7.49. The van der Waals surface area contributed by atoms with Gasteiger partial charge in [-0.15, -0.1) is 0 Å². The second kappa shape index (κ2) is 6.12. The number of hydrazone groups is 1. The van der Waals surface area contributed by atoms with Crippen LogP contribution in [0.2, 0.25) is 0 Å². The van der Waals surface area contributed by atoms with Crippen molar-refractivity contribution < 1.29 is 9.53 Å². The molecular weight excluding hydrogens is 264 g/mol. The van der Waals surface area contributed by atoms with Gasteiger partial charge in [0.2, 0.25) is 5.91 Å². The van der Waals surface area contributed by atoms with E-state index in [2.05, 4.69) is 22.7 Å². The molecule has 21 heavy (non-hydrogen) atoms. The minimum Gasteiger partial charge on any atom is -0.497 e. The van der Waals surface area contributed by atoms with E-state index in [1.165, 1.54) is 12.8 Å². The molecule has 2 aliphatic carbocycles. The van der Waals surface area contributed by atoms with Gasteiger partial charge in [-0.2, -0.15) is 5.10 Å². The van der Waals surface area contributed by atoms with Crippen LogP contribution in [0.15, 0.2) is 41.5 Å². The number of fused-ring (bicyclic) bond motifs is 2. The summed E-state index contributed by atoms with van der Waals surface area (Å²) >= 11 is 0. The Hall–Kier alpha value is -2.10. The predicted molar refractivity (Wildman–Crippen MR) is 82.2 cm³/mol. The zero-order chi connectivity index (χ0) is 14.7. The first kappa shape index (κ1) is 13.9. The third-order valence-corrected chi connectivity index (χ3v) is 4.31. The number of carbonyl (C=O) groups excluding carboxylic acids is 1. The number of allylic oxidation sites excluding steroid dienone is 2. The number of hydrogen-bond donors (Lipinski definition) is 1. The van der Waals surface area contributed by atoms with E-state index < -0.39 is 0 Å². The maximum absolute atomic E-state index is 11.8. The first-order valence-corrected chi connectivity index (χ1v) is 7.38. The first-order chi connectivity index (χ1) is 10.2. The van der Waals surface area contributed by atoms with Gasteiger partial charge in [0.1, 0.15) is 5.75 Å². The zero-order valence-electron chi connectivity index (χ0n) is 12.2. The van der Waals surface area contributed by atoms with Crippen molar-refractivity contribution in [2.75, 3.05) is 7.11 Å². The molecule has 1 amide bonds. The van der Waals surface area contributed by atoms with Crippen molar-refractivity contribution in [2.45, 2.75) is 19.3 Å². The molecular formula is C17H20N2O2. The fraction of sp³-hybridized carbons (Fsp3) is 0.412. The van der Waals surface area contributed by atoms with E-state index in [1.54, 1.807) is 7.11 Å². The molecule has 0 aliphatic heterocycles. The Balaban J connectivity index is 1.46. The van der Waals surface area contributed by atoms with E-state index in [0.29, 0.717) is 18.3 Å². The second-order valence-electron chi connectivity index (χ2n) is 5.78. The van der Waals surface area contributed by atoms with Crippen LogP contribution in [0, 0.1) is 17.8 Å². The quantitative estimate of drug-likeness (QED) is 0.513. The van der Waals surface area contributed by atoms with Gasteiger partial charge in [-0.3, -0.25) is 4.79 Å². The number of nitrogens with one attached hydrogen (secondary N) is 1. The van der Waals surface area contributed by atoms with Crippen molar-refractivity contribution in [3.63, 3.8) is 0 Å². The highest BCUT2D eigenvalue weighted by molar-refractivity contribution is 5.79. The normalized spacial score (nSPS) is 26.4. The summed E-state index contributed by atoms with van der Waals surface area (Å²) in [6.45, 7) is 0. The van der Waals surface area contributed by atoms with E-state index in [4.69, 9.17) is 4.74 Å². The summed E-state index contributed by atoms with van der Waals surface area (Å²) in [5.74, 6) is 2.54. The molecule has 2 aliphatic rings. The largest absolute Gasteiger partial charge is 0.497 e. The fourth-order valence-electron chi connectivity index (χ4n) is 3.17. The van der Waals surface area contributed by atoms with Crippen molar-refractivity contribution in [1.29, 1.82) is 0 Å². The van der Waals surface area contributed by atoms with Gasteiger partial charge in [0.15, 0.2) is 0 Å². The van der Waals surface area contributed by atoms with Crippen LogP contribution in [0.25, 0.3) is 0 Å². The average molecular weight is 284 g/mol. The molecule has 3 rings (SSSR count). The Morgan fingerprint density at radius 3 is 2.76 bits per heavy atom. The Bertz CT molecular complexity index is 563. The highest BCUT2D eigenvalue weighted by Crippen LogP contribution is 2.42. The lowest BCUT2D eigenvalue weighted by Crippen LogP contribution is -2.21. The van der Waals surface area contributed by atoms with Gasteiger partial charge in [-0.1, -0.05) is 24.3 Å². The molecule has 110 valence electrons. The van der Waals surface area contributed by atoms with Crippen LogP contribution in [-0.2, 0) is 11.2 Å². The number of hydrogen-bond acceptors (Lipinski definition) is 3. The number of nitrogens with zero attached hydrogens (tertiary/aromatic N) is 1. The van der Waals surface area contributed by atoms with Crippen molar-refractivity contribution >= 4 is 12.1 Å². The number of carbonyl (C=O) groups is 1. The topological polar surface area (TPSA) is 50.7 Å². The molecule has 1 saturated carbocycles. The van der Waals surface area contributed by atoms with Crippen LogP contribution in [-0.4, -0.2) is 19.2 Å². The Labute approximate surface area is 124 Å². The van der Waals surface area contributed by atoms with Crippen LogP contribution in [0.3, 0.4) is 0 Å². The Morgan fingerprint density at radius 2 is 2.14 bits per heavy atom. The van der Waals surface area contributed by atoms with Crippen molar-refractivity contribution in [3.05, 3.63) is 42.0 Å². The molecule has 2 bridgehead atoms. The van der Waals surface area contributed by atoms with Crippen molar-refractivity contribution in [1.82, 2.24) is 5.43 Å². The molecule has 3 unspecified atom stereocenters. The summed E-state index contributed by atoms with van der Waals surface area (Å²) in [4.78, 5) is 11.8. The third kappa shape index (κ3) is 3.32. The molecule has 1 aromatic rings. The summed E-state index contributed by atoms with van der Waals surface area (Å²) in [5, 5.41) is 4.12. The van der Waals surface area contributed by atoms with Crippen LogP contribution in [0.5, 0.6) is 5.75 Å². The van der Waals surface area contributed by atoms with E-state index in [-0.39, 0.29) is 5.91 Å². The summed E-state index contributed by atoms with van der Waals surface area (Å²) in [5.41, 5.74) is 3.57. The van der Waals surface area contributed by atoms with Crippen LogP contribution in [0.1, 0.15) is 18.4 Å². The fourth-order valence-corrected chi connectivity index (χ4v) is 3.17. The van der Waals surface area contributed by atoms with E-state index in [9.17, 15) is 4.79 Å². The zero-order valence-corrected chi connectivity index (χ0v) is 12.2. The van der Waals surface area contributed by atoms with Crippen LogP contribution in [0.4, 0.5) is 0 Å². The molecule has 0 radical (unpaired) electrons. The van der Waals surface area contributed by atoms with Gasteiger partial charge < -0.3 is 4.74 Å². The van der Waals surface area contributed by atoms with Crippen molar-refractivity contribution in [2.24, 2.45) is 22.9 Å². The molecule has 0 aromatic heterocycles. The number of amides is 1. The molecule has 0 saturated heterocycles. The van der Waals surface area contributed by atoms with Gasteiger partial charge in [0.05, 0.1) is 13.5 Å². The first-order valence-electron chi connectivity index (χ1n) is 7.38. The van der Waals surface area contributed by atoms with Crippen molar-refractivity contribution in [3.8, 4) is 5.75 Å². The maximum atomic E-state index is 11.8. The van der Waals surface area contributed by atoms with Gasteiger partial charge >= 0.3 is 0 Å². The number of ether oxygens (including phenoxy) is 1. The lowest BCUT2D eigenvalue weighted by molar-refractivity contribution is -0.120.